The Morgan fingerprint density at radius 3 is 2.82 bits per heavy atom. The van der Waals surface area contributed by atoms with Crippen LogP contribution in [-0.2, 0) is 4.79 Å². The van der Waals surface area contributed by atoms with Crippen LogP contribution < -0.4 is 5.32 Å². The van der Waals surface area contributed by atoms with Crippen LogP contribution >= 0.6 is 23.2 Å². The van der Waals surface area contributed by atoms with Crippen molar-refractivity contribution in [3.8, 4) is 0 Å². The fourth-order valence-electron chi connectivity index (χ4n) is 3.22. The molecule has 1 aromatic carbocycles. The molecule has 2 heterocycles. The van der Waals surface area contributed by atoms with Crippen molar-refractivity contribution >= 4 is 40.8 Å². The Morgan fingerprint density at radius 2 is 2.09 bits per heavy atom. The molecule has 5 nitrogen and oxygen atoms in total. The first-order valence-corrected chi connectivity index (χ1v) is 8.05. The standard InChI is InChI=1S/C15H17Cl2N3O2/c1-9-13-3-2-6-19(13)14(21)8-20(9)15(22)18-10-4-5-11(16)12(17)7-10/h4-5,7,9,13H,2-3,6,8H2,1H3,(H,18,22). The lowest BCUT2D eigenvalue weighted by atomic mass is 10.0. The van der Waals surface area contributed by atoms with Gasteiger partial charge in [0.2, 0.25) is 5.91 Å². The third kappa shape index (κ3) is 2.75. The maximum Gasteiger partial charge on any atom is 0.322 e. The van der Waals surface area contributed by atoms with Crippen molar-refractivity contribution < 1.29 is 9.59 Å². The highest BCUT2D eigenvalue weighted by atomic mass is 35.5. The molecular formula is C15H17Cl2N3O2. The van der Waals surface area contributed by atoms with Gasteiger partial charge in [-0.05, 0) is 38.0 Å². The number of hydrogen-bond acceptors (Lipinski definition) is 2. The second-order valence-electron chi connectivity index (χ2n) is 5.72. The zero-order chi connectivity index (χ0) is 15.9. The van der Waals surface area contributed by atoms with Crippen LogP contribution in [0.3, 0.4) is 0 Å². The number of nitrogens with one attached hydrogen (secondary N) is 1. The van der Waals surface area contributed by atoms with Gasteiger partial charge in [-0.25, -0.2) is 4.79 Å². The van der Waals surface area contributed by atoms with Gasteiger partial charge >= 0.3 is 6.03 Å². The molecule has 0 radical (unpaired) electrons. The van der Waals surface area contributed by atoms with Crippen LogP contribution in [0.2, 0.25) is 10.0 Å². The molecule has 0 aliphatic carbocycles. The SMILES string of the molecule is CC1C2CCCN2C(=O)CN1C(=O)Nc1ccc(Cl)c(Cl)c1. The van der Waals surface area contributed by atoms with E-state index in [9.17, 15) is 9.59 Å². The average molecular weight is 342 g/mol. The van der Waals surface area contributed by atoms with Gasteiger partial charge in [-0.3, -0.25) is 4.79 Å². The van der Waals surface area contributed by atoms with Crippen LogP contribution in [0.4, 0.5) is 10.5 Å². The third-order valence-corrected chi connectivity index (χ3v) is 5.14. The molecule has 1 N–H and O–H groups in total. The van der Waals surface area contributed by atoms with Gasteiger partial charge < -0.3 is 15.1 Å². The molecule has 0 spiro atoms. The number of rotatable bonds is 1. The maximum atomic E-state index is 12.5. The molecule has 22 heavy (non-hydrogen) atoms. The number of benzene rings is 1. The van der Waals surface area contributed by atoms with Crippen LogP contribution in [0.5, 0.6) is 0 Å². The van der Waals surface area contributed by atoms with Crippen LogP contribution in [0.15, 0.2) is 18.2 Å². The highest BCUT2D eigenvalue weighted by Gasteiger charge is 2.42. The summed E-state index contributed by atoms with van der Waals surface area (Å²) >= 11 is 11.8. The molecule has 2 fully saturated rings. The van der Waals surface area contributed by atoms with Crippen molar-refractivity contribution in [2.75, 3.05) is 18.4 Å². The average Bonchev–Trinajstić information content (AvgIpc) is 2.97. The summed E-state index contributed by atoms with van der Waals surface area (Å²) in [6, 6.07) is 4.75. The minimum atomic E-state index is -0.286. The van der Waals surface area contributed by atoms with Crippen molar-refractivity contribution in [1.82, 2.24) is 9.80 Å². The third-order valence-electron chi connectivity index (χ3n) is 4.41. The van der Waals surface area contributed by atoms with E-state index in [-0.39, 0.29) is 30.6 Å². The van der Waals surface area contributed by atoms with Crippen molar-refractivity contribution in [3.63, 3.8) is 0 Å². The first-order valence-electron chi connectivity index (χ1n) is 7.29. The van der Waals surface area contributed by atoms with Crippen LogP contribution in [-0.4, -0.2) is 46.9 Å². The molecule has 0 bridgehead atoms. The van der Waals surface area contributed by atoms with Gasteiger partial charge in [0.25, 0.3) is 0 Å². The Morgan fingerprint density at radius 1 is 1.32 bits per heavy atom. The largest absolute Gasteiger partial charge is 0.336 e. The lowest BCUT2D eigenvalue weighted by molar-refractivity contribution is -0.138. The lowest BCUT2D eigenvalue weighted by Gasteiger charge is -2.42. The summed E-state index contributed by atoms with van der Waals surface area (Å²) in [7, 11) is 0. The van der Waals surface area contributed by atoms with Crippen molar-refractivity contribution in [2.24, 2.45) is 0 Å². The molecule has 118 valence electrons. The number of carbonyl (C=O) groups is 2. The highest BCUT2D eigenvalue weighted by Crippen LogP contribution is 2.29. The number of piperazine rings is 1. The molecule has 2 aliphatic heterocycles. The summed E-state index contributed by atoms with van der Waals surface area (Å²) in [5, 5.41) is 3.60. The Hall–Kier alpha value is -1.46. The number of anilines is 1. The summed E-state index contributed by atoms with van der Waals surface area (Å²) in [5.74, 6) is 0.0184. The van der Waals surface area contributed by atoms with Crippen LogP contribution in [0.1, 0.15) is 19.8 Å². The molecular weight excluding hydrogens is 325 g/mol. The molecule has 2 atom stereocenters. The predicted octanol–water partition coefficient (Wildman–Crippen LogP) is 3.22. The van der Waals surface area contributed by atoms with Crippen molar-refractivity contribution in [3.05, 3.63) is 28.2 Å². The summed E-state index contributed by atoms with van der Waals surface area (Å²) in [5.41, 5.74) is 0.563. The van der Waals surface area contributed by atoms with E-state index in [1.807, 2.05) is 11.8 Å². The number of hydrogen-bond donors (Lipinski definition) is 1. The number of amides is 3. The maximum absolute atomic E-state index is 12.5. The number of halogens is 2. The van der Waals surface area contributed by atoms with E-state index in [0.29, 0.717) is 15.7 Å². The molecule has 3 amide bonds. The van der Waals surface area contributed by atoms with Crippen LogP contribution in [0.25, 0.3) is 0 Å². The number of fused-ring (bicyclic) bond motifs is 1. The van der Waals surface area contributed by atoms with Gasteiger partial charge in [0.05, 0.1) is 22.1 Å². The van der Waals surface area contributed by atoms with E-state index < -0.39 is 0 Å². The topological polar surface area (TPSA) is 52.7 Å². The number of urea groups is 1. The molecule has 2 aliphatic rings. The summed E-state index contributed by atoms with van der Waals surface area (Å²) in [6.07, 6.45) is 1.95. The van der Waals surface area contributed by atoms with Crippen molar-refractivity contribution in [1.29, 1.82) is 0 Å². The summed E-state index contributed by atoms with van der Waals surface area (Å²) in [4.78, 5) is 28.1. The fourth-order valence-corrected chi connectivity index (χ4v) is 3.52. The molecule has 2 saturated heterocycles. The Bertz CT molecular complexity index is 623. The van der Waals surface area contributed by atoms with E-state index in [2.05, 4.69) is 5.32 Å². The second kappa shape index (κ2) is 5.97. The van der Waals surface area contributed by atoms with E-state index in [1.54, 1.807) is 23.1 Å². The first kappa shape index (κ1) is 15.4. The highest BCUT2D eigenvalue weighted by molar-refractivity contribution is 6.42. The Balaban J connectivity index is 1.74. The molecule has 2 unspecified atom stereocenters. The zero-order valence-corrected chi connectivity index (χ0v) is 13.7. The zero-order valence-electron chi connectivity index (χ0n) is 12.2. The van der Waals surface area contributed by atoms with Gasteiger partial charge in [0, 0.05) is 12.2 Å². The summed E-state index contributed by atoms with van der Waals surface area (Å²) in [6.45, 7) is 2.91. The molecule has 1 aromatic rings. The van der Waals surface area contributed by atoms with E-state index in [1.165, 1.54) is 0 Å². The predicted molar refractivity (Wildman–Crippen MR) is 86.4 cm³/mol. The van der Waals surface area contributed by atoms with E-state index in [0.717, 1.165) is 19.4 Å². The lowest BCUT2D eigenvalue weighted by Crippen LogP contribution is -2.61. The van der Waals surface area contributed by atoms with E-state index in [4.69, 9.17) is 23.2 Å². The number of nitrogens with zero attached hydrogens (tertiary/aromatic N) is 2. The molecule has 7 heteroatoms. The minimum absolute atomic E-state index is 0.00275. The fraction of sp³-hybridized carbons (Fsp3) is 0.467. The van der Waals surface area contributed by atoms with Crippen LogP contribution in [0, 0.1) is 0 Å². The van der Waals surface area contributed by atoms with Crippen molar-refractivity contribution in [2.45, 2.75) is 31.8 Å². The normalized spacial score (nSPS) is 24.4. The Kier molecular flexibility index (Phi) is 4.19. The second-order valence-corrected chi connectivity index (χ2v) is 6.54. The van der Waals surface area contributed by atoms with Gasteiger partial charge in [-0.2, -0.15) is 0 Å². The van der Waals surface area contributed by atoms with Gasteiger partial charge in [0.15, 0.2) is 0 Å². The number of carbonyl (C=O) groups excluding carboxylic acids is 2. The molecule has 0 saturated carbocycles. The van der Waals surface area contributed by atoms with Gasteiger partial charge in [-0.1, -0.05) is 23.2 Å². The minimum Gasteiger partial charge on any atom is -0.336 e. The summed E-state index contributed by atoms with van der Waals surface area (Å²) < 4.78 is 0. The molecule has 3 rings (SSSR count). The van der Waals surface area contributed by atoms with Gasteiger partial charge in [0.1, 0.15) is 6.54 Å². The molecule has 0 aromatic heterocycles. The first-order chi connectivity index (χ1) is 10.5. The quantitative estimate of drug-likeness (QED) is 0.852. The van der Waals surface area contributed by atoms with E-state index >= 15 is 0 Å². The Labute approximate surface area is 139 Å². The monoisotopic (exact) mass is 341 g/mol. The van der Waals surface area contributed by atoms with Gasteiger partial charge in [-0.15, -0.1) is 0 Å². The smallest absolute Gasteiger partial charge is 0.322 e.